The molecular weight excluding hydrogens is 338 g/mol. The maximum Gasteiger partial charge on any atom is 0.305 e. The molecule has 1 atom stereocenters. The topological polar surface area (TPSA) is 86.6 Å². The number of aromatic hydroxyl groups is 1. The molecule has 1 aromatic rings. The van der Waals surface area contributed by atoms with E-state index in [9.17, 15) is 14.7 Å². The van der Waals surface area contributed by atoms with E-state index in [2.05, 4.69) is 21.2 Å². The molecule has 0 aliphatic heterocycles. The van der Waals surface area contributed by atoms with Crippen molar-refractivity contribution in [3.8, 4) is 5.75 Å². The second-order valence-electron chi connectivity index (χ2n) is 6.20. The SMILES string of the molecule is CC(C)(C)CC(CC(=O)O)NC(=O)c1ccc(Br)c(O)c1. The lowest BCUT2D eigenvalue weighted by molar-refractivity contribution is -0.137. The van der Waals surface area contributed by atoms with Crippen molar-refractivity contribution in [2.45, 2.75) is 39.7 Å². The molecule has 116 valence electrons. The number of halogens is 1. The zero-order valence-corrected chi connectivity index (χ0v) is 13.9. The van der Waals surface area contributed by atoms with Gasteiger partial charge < -0.3 is 15.5 Å². The number of carbonyl (C=O) groups is 2. The normalized spacial score (nSPS) is 12.8. The van der Waals surface area contributed by atoms with Crippen molar-refractivity contribution in [2.75, 3.05) is 0 Å². The number of phenols is 1. The van der Waals surface area contributed by atoms with E-state index >= 15 is 0 Å². The largest absolute Gasteiger partial charge is 0.507 e. The van der Waals surface area contributed by atoms with Gasteiger partial charge in [0.05, 0.1) is 10.9 Å². The summed E-state index contributed by atoms with van der Waals surface area (Å²) in [6.45, 7) is 5.96. The summed E-state index contributed by atoms with van der Waals surface area (Å²) >= 11 is 3.14. The minimum atomic E-state index is -0.955. The summed E-state index contributed by atoms with van der Waals surface area (Å²) in [7, 11) is 0. The Morgan fingerprint density at radius 3 is 2.43 bits per heavy atom. The van der Waals surface area contributed by atoms with Gasteiger partial charge in [0.1, 0.15) is 5.75 Å². The number of rotatable bonds is 5. The van der Waals surface area contributed by atoms with Gasteiger partial charge in [0.15, 0.2) is 0 Å². The van der Waals surface area contributed by atoms with Crippen LogP contribution in [0, 0.1) is 5.41 Å². The van der Waals surface area contributed by atoms with Crippen molar-refractivity contribution < 1.29 is 19.8 Å². The van der Waals surface area contributed by atoms with Crippen LogP contribution in [0.3, 0.4) is 0 Å². The average Bonchev–Trinajstić information content (AvgIpc) is 2.29. The Kier molecular flexibility index (Phi) is 5.78. The van der Waals surface area contributed by atoms with Crippen LogP contribution in [0.5, 0.6) is 5.75 Å². The van der Waals surface area contributed by atoms with Crippen molar-refractivity contribution >= 4 is 27.8 Å². The number of carbonyl (C=O) groups excluding carboxylic acids is 1. The summed E-state index contributed by atoms with van der Waals surface area (Å²) in [4.78, 5) is 23.1. The van der Waals surface area contributed by atoms with Crippen LogP contribution in [-0.2, 0) is 4.79 Å². The molecule has 0 aromatic heterocycles. The summed E-state index contributed by atoms with van der Waals surface area (Å²) in [6, 6.07) is 4.02. The Labute approximate surface area is 132 Å². The minimum Gasteiger partial charge on any atom is -0.507 e. The van der Waals surface area contributed by atoms with Crippen LogP contribution >= 0.6 is 15.9 Å². The van der Waals surface area contributed by atoms with Crippen molar-refractivity contribution in [2.24, 2.45) is 5.41 Å². The summed E-state index contributed by atoms with van der Waals surface area (Å²) in [5.41, 5.74) is 0.190. The highest BCUT2D eigenvalue weighted by Gasteiger charge is 2.23. The van der Waals surface area contributed by atoms with E-state index < -0.39 is 17.9 Å². The van der Waals surface area contributed by atoms with Gasteiger partial charge in [0.2, 0.25) is 0 Å². The van der Waals surface area contributed by atoms with Crippen LogP contribution in [0.1, 0.15) is 44.0 Å². The van der Waals surface area contributed by atoms with Gasteiger partial charge in [-0.05, 0) is 46.0 Å². The Morgan fingerprint density at radius 1 is 1.33 bits per heavy atom. The van der Waals surface area contributed by atoms with Crippen LogP contribution in [0.2, 0.25) is 0 Å². The molecule has 21 heavy (non-hydrogen) atoms. The van der Waals surface area contributed by atoms with Gasteiger partial charge in [-0.3, -0.25) is 9.59 Å². The number of carboxylic acids is 1. The average molecular weight is 358 g/mol. The third-order valence-corrected chi connectivity index (χ3v) is 3.49. The number of carboxylic acid groups (broad SMARTS) is 1. The number of hydrogen-bond acceptors (Lipinski definition) is 3. The molecule has 0 radical (unpaired) electrons. The Balaban J connectivity index is 2.83. The number of phenolic OH excluding ortho intramolecular Hbond substituents is 1. The summed E-state index contributed by atoms with van der Waals surface area (Å²) in [6.07, 6.45) is 0.416. The van der Waals surface area contributed by atoms with Crippen LogP contribution in [-0.4, -0.2) is 28.1 Å². The molecule has 0 heterocycles. The lowest BCUT2D eigenvalue weighted by Crippen LogP contribution is -2.39. The molecule has 0 bridgehead atoms. The second kappa shape index (κ2) is 6.93. The highest BCUT2D eigenvalue weighted by molar-refractivity contribution is 9.10. The third-order valence-electron chi connectivity index (χ3n) is 2.82. The van der Waals surface area contributed by atoms with Crippen molar-refractivity contribution in [1.82, 2.24) is 5.32 Å². The molecule has 1 amide bonds. The first kappa shape index (κ1) is 17.5. The molecule has 0 spiro atoms. The first-order chi connectivity index (χ1) is 9.58. The third kappa shape index (κ3) is 6.16. The molecular formula is C15H20BrNO4. The monoisotopic (exact) mass is 357 g/mol. The molecule has 1 unspecified atom stereocenters. The fraction of sp³-hybridized carbons (Fsp3) is 0.467. The maximum atomic E-state index is 12.2. The molecule has 0 fully saturated rings. The molecule has 0 aliphatic carbocycles. The molecule has 0 saturated heterocycles. The zero-order valence-electron chi connectivity index (χ0n) is 12.3. The predicted molar refractivity (Wildman–Crippen MR) is 83.4 cm³/mol. The van der Waals surface area contributed by atoms with Crippen LogP contribution < -0.4 is 5.32 Å². The van der Waals surface area contributed by atoms with Gasteiger partial charge in [-0.1, -0.05) is 20.8 Å². The molecule has 1 rings (SSSR count). The standard InChI is InChI=1S/C15H20BrNO4/c1-15(2,3)8-10(7-13(19)20)17-14(21)9-4-5-11(16)12(18)6-9/h4-6,10,18H,7-8H2,1-3H3,(H,17,21)(H,19,20). The Morgan fingerprint density at radius 2 is 1.95 bits per heavy atom. The van der Waals surface area contributed by atoms with Crippen LogP contribution in [0.4, 0.5) is 0 Å². The van der Waals surface area contributed by atoms with Crippen molar-refractivity contribution in [3.63, 3.8) is 0 Å². The number of hydrogen-bond donors (Lipinski definition) is 3. The fourth-order valence-electron chi connectivity index (χ4n) is 2.05. The summed E-state index contributed by atoms with van der Waals surface area (Å²) in [5, 5.41) is 21.3. The molecule has 6 heteroatoms. The Bertz CT molecular complexity index is 537. The second-order valence-corrected chi connectivity index (χ2v) is 7.05. The van der Waals surface area contributed by atoms with Gasteiger partial charge in [0.25, 0.3) is 5.91 Å². The first-order valence-corrected chi connectivity index (χ1v) is 7.39. The number of benzene rings is 1. The zero-order chi connectivity index (χ0) is 16.2. The van der Waals surface area contributed by atoms with E-state index in [4.69, 9.17) is 5.11 Å². The number of aliphatic carboxylic acids is 1. The summed E-state index contributed by atoms with van der Waals surface area (Å²) in [5.74, 6) is -1.38. The summed E-state index contributed by atoms with van der Waals surface area (Å²) < 4.78 is 0.496. The van der Waals surface area contributed by atoms with E-state index in [1.807, 2.05) is 20.8 Å². The van der Waals surface area contributed by atoms with E-state index in [0.717, 1.165) is 0 Å². The molecule has 0 saturated carbocycles. The van der Waals surface area contributed by atoms with Gasteiger partial charge in [-0.25, -0.2) is 0 Å². The van der Waals surface area contributed by atoms with E-state index in [-0.39, 0.29) is 17.6 Å². The molecule has 1 aromatic carbocycles. The maximum absolute atomic E-state index is 12.2. The van der Waals surface area contributed by atoms with Crippen LogP contribution in [0.25, 0.3) is 0 Å². The number of amides is 1. The highest BCUT2D eigenvalue weighted by Crippen LogP contribution is 2.25. The van der Waals surface area contributed by atoms with E-state index in [1.165, 1.54) is 6.07 Å². The van der Waals surface area contributed by atoms with Crippen LogP contribution in [0.15, 0.2) is 22.7 Å². The number of nitrogens with one attached hydrogen (secondary N) is 1. The lowest BCUT2D eigenvalue weighted by Gasteiger charge is -2.25. The minimum absolute atomic E-state index is 0.0340. The van der Waals surface area contributed by atoms with E-state index in [0.29, 0.717) is 16.5 Å². The van der Waals surface area contributed by atoms with Crippen molar-refractivity contribution in [3.05, 3.63) is 28.2 Å². The smallest absolute Gasteiger partial charge is 0.305 e. The van der Waals surface area contributed by atoms with Gasteiger partial charge >= 0.3 is 5.97 Å². The molecule has 0 aliphatic rings. The predicted octanol–water partition coefficient (Wildman–Crippen LogP) is 3.16. The van der Waals surface area contributed by atoms with Gasteiger partial charge in [-0.2, -0.15) is 0 Å². The first-order valence-electron chi connectivity index (χ1n) is 6.59. The van der Waals surface area contributed by atoms with Crippen molar-refractivity contribution in [1.29, 1.82) is 0 Å². The highest BCUT2D eigenvalue weighted by atomic mass is 79.9. The lowest BCUT2D eigenvalue weighted by atomic mass is 9.87. The quantitative estimate of drug-likeness (QED) is 0.755. The molecule has 3 N–H and O–H groups in total. The molecule has 5 nitrogen and oxygen atoms in total. The van der Waals surface area contributed by atoms with Gasteiger partial charge in [-0.15, -0.1) is 0 Å². The van der Waals surface area contributed by atoms with Gasteiger partial charge in [0, 0.05) is 11.6 Å². The Hall–Kier alpha value is -1.56. The fourth-order valence-corrected chi connectivity index (χ4v) is 2.29. The van der Waals surface area contributed by atoms with E-state index in [1.54, 1.807) is 12.1 Å².